The minimum Gasteiger partial charge on any atom is -0.334 e. The molecule has 28 heavy (non-hydrogen) atoms. The van der Waals surface area contributed by atoms with Gasteiger partial charge in [-0.1, -0.05) is 12.1 Å². The van der Waals surface area contributed by atoms with Crippen molar-refractivity contribution < 1.29 is 26.7 Å². The Kier molecular flexibility index (Phi) is 5.21. The van der Waals surface area contributed by atoms with Crippen molar-refractivity contribution in [3.63, 3.8) is 0 Å². The predicted molar refractivity (Wildman–Crippen MR) is 91.1 cm³/mol. The summed E-state index contributed by atoms with van der Waals surface area (Å²) in [7, 11) is 0. The molecule has 3 aromatic rings. The van der Waals surface area contributed by atoms with E-state index in [1.807, 2.05) is 0 Å². The number of para-hydroxylation sites is 1. The highest BCUT2D eigenvalue weighted by Gasteiger charge is 2.30. The van der Waals surface area contributed by atoms with E-state index in [9.17, 15) is 26.7 Å². The van der Waals surface area contributed by atoms with Gasteiger partial charge in [0.1, 0.15) is 28.8 Å². The Morgan fingerprint density at radius 3 is 2.21 bits per heavy atom. The number of halogens is 5. The SMILES string of the molecule is O=C(Nc1cccc(C(F)(F)F)c1)c1cnc(Nc2c(F)cccc2F)cn1. The quantitative estimate of drug-likeness (QED) is 0.626. The van der Waals surface area contributed by atoms with Gasteiger partial charge in [0.15, 0.2) is 0 Å². The average Bonchev–Trinajstić information content (AvgIpc) is 2.65. The zero-order valence-electron chi connectivity index (χ0n) is 13.9. The van der Waals surface area contributed by atoms with Crippen LogP contribution in [0.3, 0.4) is 0 Å². The molecule has 0 atom stereocenters. The molecule has 3 rings (SSSR count). The second-order valence-corrected chi connectivity index (χ2v) is 5.54. The van der Waals surface area contributed by atoms with E-state index in [2.05, 4.69) is 20.6 Å². The highest BCUT2D eigenvalue weighted by Crippen LogP contribution is 2.30. The summed E-state index contributed by atoms with van der Waals surface area (Å²) in [6, 6.07) is 7.39. The van der Waals surface area contributed by atoms with Crippen molar-refractivity contribution in [2.24, 2.45) is 0 Å². The number of rotatable bonds is 4. The molecule has 0 radical (unpaired) electrons. The maximum absolute atomic E-state index is 13.6. The molecule has 0 fully saturated rings. The molecule has 0 spiro atoms. The van der Waals surface area contributed by atoms with Crippen molar-refractivity contribution in [1.82, 2.24) is 9.97 Å². The first-order valence-corrected chi connectivity index (χ1v) is 7.76. The Balaban J connectivity index is 1.72. The first-order valence-electron chi connectivity index (χ1n) is 7.76. The second kappa shape index (κ2) is 7.59. The summed E-state index contributed by atoms with van der Waals surface area (Å²) >= 11 is 0. The fourth-order valence-corrected chi connectivity index (χ4v) is 2.22. The van der Waals surface area contributed by atoms with Crippen LogP contribution >= 0.6 is 0 Å². The van der Waals surface area contributed by atoms with E-state index in [4.69, 9.17) is 0 Å². The third-order valence-corrected chi connectivity index (χ3v) is 3.55. The van der Waals surface area contributed by atoms with Gasteiger partial charge in [-0.15, -0.1) is 0 Å². The summed E-state index contributed by atoms with van der Waals surface area (Å²) in [5.74, 6) is -2.50. The predicted octanol–water partition coefficient (Wildman–Crippen LogP) is 4.77. The molecule has 2 N–H and O–H groups in total. The van der Waals surface area contributed by atoms with Crippen LogP contribution in [0.2, 0.25) is 0 Å². The molecule has 0 unspecified atom stereocenters. The molecule has 5 nitrogen and oxygen atoms in total. The zero-order valence-corrected chi connectivity index (χ0v) is 13.9. The number of aromatic nitrogens is 2. The van der Waals surface area contributed by atoms with Gasteiger partial charge in [-0.05, 0) is 30.3 Å². The normalized spacial score (nSPS) is 11.2. The molecule has 10 heteroatoms. The van der Waals surface area contributed by atoms with Crippen molar-refractivity contribution in [2.75, 3.05) is 10.6 Å². The largest absolute Gasteiger partial charge is 0.416 e. The number of hydrogen-bond acceptors (Lipinski definition) is 4. The minimum absolute atomic E-state index is 0.0281. The van der Waals surface area contributed by atoms with Crippen molar-refractivity contribution in [3.8, 4) is 0 Å². The number of carbonyl (C=O) groups is 1. The van der Waals surface area contributed by atoms with Gasteiger partial charge in [-0.2, -0.15) is 13.2 Å². The summed E-state index contributed by atoms with van der Waals surface area (Å²) in [5.41, 5.74) is -1.62. The van der Waals surface area contributed by atoms with E-state index in [0.717, 1.165) is 42.7 Å². The molecule has 2 aromatic carbocycles. The molecule has 0 aliphatic carbocycles. The molecule has 0 saturated heterocycles. The number of alkyl halides is 3. The number of nitrogens with zero attached hydrogens (tertiary/aromatic N) is 2. The monoisotopic (exact) mass is 394 g/mol. The lowest BCUT2D eigenvalue weighted by Gasteiger charge is -2.10. The van der Waals surface area contributed by atoms with Crippen molar-refractivity contribution in [3.05, 3.63) is 77.8 Å². The lowest BCUT2D eigenvalue weighted by atomic mass is 10.2. The Morgan fingerprint density at radius 2 is 1.61 bits per heavy atom. The standard InChI is InChI=1S/C18H11F5N4O/c19-12-5-2-6-13(20)16(12)27-15-9-24-14(8-25-15)17(28)26-11-4-1-3-10(7-11)18(21,22)23/h1-9H,(H,25,27)(H,26,28). The number of hydrogen-bond donors (Lipinski definition) is 2. The van der Waals surface area contributed by atoms with Crippen LogP contribution in [0.1, 0.15) is 16.1 Å². The van der Waals surface area contributed by atoms with E-state index in [0.29, 0.717) is 0 Å². The number of nitrogens with one attached hydrogen (secondary N) is 2. The lowest BCUT2D eigenvalue weighted by Crippen LogP contribution is -2.15. The van der Waals surface area contributed by atoms with Crippen LogP contribution in [0.25, 0.3) is 0 Å². The maximum Gasteiger partial charge on any atom is 0.416 e. The van der Waals surface area contributed by atoms with Gasteiger partial charge in [0.2, 0.25) is 0 Å². The number of amides is 1. The van der Waals surface area contributed by atoms with Crippen LogP contribution in [0, 0.1) is 11.6 Å². The Morgan fingerprint density at radius 1 is 0.929 bits per heavy atom. The number of benzene rings is 2. The van der Waals surface area contributed by atoms with Crippen LogP contribution in [0.4, 0.5) is 39.1 Å². The molecule has 0 aliphatic heterocycles. The summed E-state index contributed by atoms with van der Waals surface area (Å²) in [5, 5.41) is 4.68. The van der Waals surface area contributed by atoms with Gasteiger partial charge in [-0.25, -0.2) is 18.7 Å². The van der Waals surface area contributed by atoms with Gasteiger partial charge in [0.05, 0.1) is 18.0 Å². The molecule has 0 aliphatic rings. The number of anilines is 3. The van der Waals surface area contributed by atoms with Gasteiger partial charge >= 0.3 is 6.18 Å². The molecule has 0 bridgehead atoms. The second-order valence-electron chi connectivity index (χ2n) is 5.54. The molecule has 144 valence electrons. The van der Waals surface area contributed by atoms with Crippen LogP contribution in [-0.2, 0) is 6.18 Å². The van der Waals surface area contributed by atoms with Crippen LogP contribution in [0.15, 0.2) is 54.9 Å². The first-order chi connectivity index (χ1) is 13.2. The molecular weight excluding hydrogens is 383 g/mol. The van der Waals surface area contributed by atoms with Crippen molar-refractivity contribution >= 4 is 23.1 Å². The molecule has 1 aromatic heterocycles. The summed E-state index contributed by atoms with van der Waals surface area (Å²) in [6.45, 7) is 0. The fraction of sp³-hybridized carbons (Fsp3) is 0.0556. The van der Waals surface area contributed by atoms with E-state index >= 15 is 0 Å². The summed E-state index contributed by atoms with van der Waals surface area (Å²) in [6.07, 6.45) is -2.47. The molecule has 1 heterocycles. The Labute approximate surface area is 155 Å². The van der Waals surface area contributed by atoms with E-state index in [1.165, 1.54) is 12.1 Å². The van der Waals surface area contributed by atoms with Crippen molar-refractivity contribution in [2.45, 2.75) is 6.18 Å². The van der Waals surface area contributed by atoms with Gasteiger partial charge in [0, 0.05) is 5.69 Å². The lowest BCUT2D eigenvalue weighted by molar-refractivity contribution is -0.137. The number of carbonyl (C=O) groups excluding carboxylic acids is 1. The van der Waals surface area contributed by atoms with Crippen molar-refractivity contribution in [1.29, 1.82) is 0 Å². The Bertz CT molecular complexity index is 985. The zero-order chi connectivity index (χ0) is 20.3. The highest BCUT2D eigenvalue weighted by molar-refractivity contribution is 6.02. The van der Waals surface area contributed by atoms with Crippen LogP contribution < -0.4 is 10.6 Å². The van der Waals surface area contributed by atoms with Crippen LogP contribution in [0.5, 0.6) is 0 Å². The minimum atomic E-state index is -4.55. The first kappa shape index (κ1) is 19.2. The van der Waals surface area contributed by atoms with E-state index in [-0.39, 0.29) is 17.2 Å². The Hall–Kier alpha value is -3.56. The third kappa shape index (κ3) is 4.40. The third-order valence-electron chi connectivity index (χ3n) is 3.55. The van der Waals surface area contributed by atoms with Gasteiger partial charge in [0.25, 0.3) is 5.91 Å². The van der Waals surface area contributed by atoms with Gasteiger partial charge < -0.3 is 10.6 Å². The fourth-order valence-electron chi connectivity index (χ4n) is 2.22. The van der Waals surface area contributed by atoms with Crippen LogP contribution in [-0.4, -0.2) is 15.9 Å². The van der Waals surface area contributed by atoms with Gasteiger partial charge in [-0.3, -0.25) is 4.79 Å². The average molecular weight is 394 g/mol. The summed E-state index contributed by atoms with van der Waals surface area (Å²) in [4.78, 5) is 19.7. The van der Waals surface area contributed by atoms with E-state index < -0.39 is 35.0 Å². The summed E-state index contributed by atoms with van der Waals surface area (Å²) < 4.78 is 65.4. The molecule has 0 saturated carbocycles. The maximum atomic E-state index is 13.6. The van der Waals surface area contributed by atoms with E-state index in [1.54, 1.807) is 0 Å². The molecular formula is C18H11F5N4O. The molecule has 1 amide bonds. The smallest absolute Gasteiger partial charge is 0.334 e. The highest BCUT2D eigenvalue weighted by atomic mass is 19.4. The topological polar surface area (TPSA) is 66.9 Å².